The van der Waals surface area contributed by atoms with Gasteiger partial charge in [-0.25, -0.2) is 4.98 Å². The summed E-state index contributed by atoms with van der Waals surface area (Å²) in [6.45, 7) is 0.976. The fraction of sp³-hybridized carbons (Fsp3) is 0.545. The molecule has 0 radical (unpaired) electrons. The van der Waals surface area contributed by atoms with Crippen molar-refractivity contribution in [3.63, 3.8) is 0 Å². The van der Waals surface area contributed by atoms with E-state index >= 15 is 0 Å². The molecule has 0 unspecified atom stereocenters. The lowest BCUT2D eigenvalue weighted by atomic mass is 10.2. The number of hydrogen-bond donors (Lipinski definition) is 2. The van der Waals surface area contributed by atoms with Crippen LogP contribution in [0.25, 0.3) is 0 Å². The number of nitrogen functional groups attached to an aromatic ring is 1. The highest BCUT2D eigenvalue weighted by Gasteiger charge is 1.96. The Labute approximate surface area is 95.9 Å². The van der Waals surface area contributed by atoms with Crippen molar-refractivity contribution in [3.05, 3.63) is 18.3 Å². The third-order valence-corrected chi connectivity index (χ3v) is 2.88. The van der Waals surface area contributed by atoms with Crippen molar-refractivity contribution in [2.24, 2.45) is 0 Å². The smallest absolute Gasteiger partial charge is 0.146 e. The highest BCUT2D eigenvalue weighted by Crippen LogP contribution is 2.13. The van der Waals surface area contributed by atoms with E-state index in [9.17, 15) is 0 Å². The number of hydrogen-bond acceptors (Lipinski definition) is 4. The highest BCUT2D eigenvalue weighted by atomic mass is 32.2. The number of thioether (sulfide) groups is 1. The predicted octanol–water partition coefficient (Wildman–Crippen LogP) is 2.61. The molecule has 1 rings (SSSR count). The Morgan fingerprint density at radius 2 is 2.27 bits per heavy atom. The first-order valence-electron chi connectivity index (χ1n) is 5.28. The van der Waals surface area contributed by atoms with Gasteiger partial charge in [0.2, 0.25) is 0 Å². The van der Waals surface area contributed by atoms with E-state index in [0.717, 1.165) is 12.2 Å². The normalized spacial score (nSPS) is 10.2. The molecule has 0 spiro atoms. The zero-order valence-electron chi connectivity index (χ0n) is 9.20. The summed E-state index contributed by atoms with van der Waals surface area (Å²) in [5.74, 6) is 1.84. The minimum absolute atomic E-state index is 0.585. The summed E-state index contributed by atoms with van der Waals surface area (Å²) in [7, 11) is 0. The van der Waals surface area contributed by atoms with E-state index in [1.165, 1.54) is 25.0 Å². The van der Waals surface area contributed by atoms with Gasteiger partial charge in [-0.15, -0.1) is 0 Å². The van der Waals surface area contributed by atoms with Crippen LogP contribution in [0, 0.1) is 0 Å². The van der Waals surface area contributed by atoms with Crippen LogP contribution in [-0.4, -0.2) is 23.5 Å². The van der Waals surface area contributed by atoms with Gasteiger partial charge in [-0.05, 0) is 37.0 Å². The minimum atomic E-state index is 0.585. The standard InChI is InChI=1S/C11H19N3S/c1-15-9-4-2-3-7-13-10-6-5-8-14-11(10)12/h5-6,8,13H,2-4,7,9H2,1H3,(H2,12,14). The minimum Gasteiger partial charge on any atom is -0.382 e. The fourth-order valence-electron chi connectivity index (χ4n) is 1.34. The van der Waals surface area contributed by atoms with Gasteiger partial charge in [0.1, 0.15) is 5.82 Å². The van der Waals surface area contributed by atoms with Gasteiger partial charge < -0.3 is 11.1 Å². The molecule has 15 heavy (non-hydrogen) atoms. The average Bonchev–Trinajstić information content (AvgIpc) is 2.25. The molecule has 3 nitrogen and oxygen atoms in total. The van der Waals surface area contributed by atoms with E-state index in [1.807, 2.05) is 23.9 Å². The SMILES string of the molecule is CSCCCCCNc1cccnc1N. The van der Waals surface area contributed by atoms with Crippen LogP contribution in [0.2, 0.25) is 0 Å². The lowest BCUT2D eigenvalue weighted by molar-refractivity contribution is 0.750. The second-order valence-electron chi connectivity index (χ2n) is 3.42. The number of nitrogens with zero attached hydrogens (tertiary/aromatic N) is 1. The van der Waals surface area contributed by atoms with Crippen molar-refractivity contribution in [1.29, 1.82) is 0 Å². The number of rotatable bonds is 7. The largest absolute Gasteiger partial charge is 0.382 e. The Morgan fingerprint density at radius 3 is 3.00 bits per heavy atom. The zero-order valence-corrected chi connectivity index (χ0v) is 10.0. The molecule has 0 aromatic carbocycles. The van der Waals surface area contributed by atoms with Gasteiger partial charge >= 0.3 is 0 Å². The summed E-state index contributed by atoms with van der Waals surface area (Å²) in [5.41, 5.74) is 6.65. The van der Waals surface area contributed by atoms with Crippen LogP contribution in [0.5, 0.6) is 0 Å². The third-order valence-electron chi connectivity index (χ3n) is 2.18. The fourth-order valence-corrected chi connectivity index (χ4v) is 1.83. The molecule has 0 aliphatic carbocycles. The van der Waals surface area contributed by atoms with Gasteiger partial charge in [-0.1, -0.05) is 6.42 Å². The highest BCUT2D eigenvalue weighted by molar-refractivity contribution is 7.98. The molecule has 0 amide bonds. The Morgan fingerprint density at radius 1 is 1.40 bits per heavy atom. The van der Waals surface area contributed by atoms with E-state index in [2.05, 4.69) is 16.6 Å². The first-order valence-corrected chi connectivity index (χ1v) is 6.67. The maximum atomic E-state index is 5.71. The van der Waals surface area contributed by atoms with Crippen LogP contribution in [0.1, 0.15) is 19.3 Å². The Balaban J connectivity index is 2.12. The molecule has 0 aliphatic heterocycles. The number of nitrogens with one attached hydrogen (secondary N) is 1. The van der Waals surface area contributed by atoms with Crippen molar-refractivity contribution < 1.29 is 0 Å². The third kappa shape index (κ3) is 4.93. The molecule has 0 bridgehead atoms. The monoisotopic (exact) mass is 225 g/mol. The summed E-state index contributed by atoms with van der Waals surface area (Å²) in [4.78, 5) is 4.02. The van der Waals surface area contributed by atoms with Crippen LogP contribution in [-0.2, 0) is 0 Å². The van der Waals surface area contributed by atoms with Gasteiger partial charge in [-0.2, -0.15) is 11.8 Å². The molecule has 3 N–H and O–H groups in total. The maximum Gasteiger partial charge on any atom is 0.146 e. The summed E-state index contributed by atoms with van der Waals surface area (Å²) in [5, 5.41) is 3.30. The lowest BCUT2D eigenvalue weighted by Gasteiger charge is -2.07. The second kappa shape index (κ2) is 7.40. The van der Waals surface area contributed by atoms with Crippen molar-refractivity contribution in [2.75, 3.05) is 29.6 Å². The molecule has 0 aliphatic rings. The first-order chi connectivity index (χ1) is 7.34. The Hall–Kier alpha value is -0.900. The van der Waals surface area contributed by atoms with Crippen LogP contribution >= 0.6 is 11.8 Å². The van der Waals surface area contributed by atoms with E-state index in [1.54, 1.807) is 6.20 Å². The van der Waals surface area contributed by atoms with E-state index in [0.29, 0.717) is 5.82 Å². The van der Waals surface area contributed by atoms with Crippen molar-refractivity contribution in [3.8, 4) is 0 Å². The molecule has 84 valence electrons. The average molecular weight is 225 g/mol. The van der Waals surface area contributed by atoms with Crippen LogP contribution in [0.4, 0.5) is 11.5 Å². The second-order valence-corrected chi connectivity index (χ2v) is 4.40. The van der Waals surface area contributed by atoms with E-state index in [4.69, 9.17) is 5.73 Å². The number of unbranched alkanes of at least 4 members (excludes halogenated alkanes) is 2. The molecule has 0 saturated heterocycles. The zero-order chi connectivity index (χ0) is 10.9. The van der Waals surface area contributed by atoms with Crippen LogP contribution in [0.3, 0.4) is 0 Å². The molecule has 0 atom stereocenters. The molecular formula is C11H19N3S. The Bertz CT molecular complexity index is 278. The lowest BCUT2D eigenvalue weighted by Crippen LogP contribution is -2.05. The van der Waals surface area contributed by atoms with Crippen molar-refractivity contribution in [1.82, 2.24) is 4.98 Å². The molecule has 4 heteroatoms. The molecule has 1 aromatic heterocycles. The predicted molar refractivity (Wildman–Crippen MR) is 69.4 cm³/mol. The van der Waals surface area contributed by atoms with Gasteiger partial charge in [-0.3, -0.25) is 0 Å². The quantitative estimate of drug-likeness (QED) is 0.700. The maximum absolute atomic E-state index is 5.71. The van der Waals surface area contributed by atoms with E-state index < -0.39 is 0 Å². The summed E-state index contributed by atoms with van der Waals surface area (Å²) in [6, 6.07) is 3.86. The van der Waals surface area contributed by atoms with Crippen LogP contribution < -0.4 is 11.1 Å². The number of anilines is 2. The molecule has 0 saturated carbocycles. The Kier molecular flexibility index (Phi) is 6.00. The topological polar surface area (TPSA) is 50.9 Å². The molecule has 1 heterocycles. The number of aromatic nitrogens is 1. The first kappa shape index (κ1) is 12.2. The molecule has 0 fully saturated rings. The summed E-state index contributed by atoms with van der Waals surface area (Å²) >= 11 is 1.91. The van der Waals surface area contributed by atoms with Crippen LogP contribution in [0.15, 0.2) is 18.3 Å². The van der Waals surface area contributed by atoms with Gasteiger partial charge in [0, 0.05) is 12.7 Å². The molecule has 1 aromatic rings. The number of pyridine rings is 1. The van der Waals surface area contributed by atoms with Crippen molar-refractivity contribution >= 4 is 23.3 Å². The van der Waals surface area contributed by atoms with Gasteiger partial charge in [0.25, 0.3) is 0 Å². The van der Waals surface area contributed by atoms with Crippen molar-refractivity contribution in [2.45, 2.75) is 19.3 Å². The summed E-state index contributed by atoms with van der Waals surface area (Å²) < 4.78 is 0. The van der Waals surface area contributed by atoms with E-state index in [-0.39, 0.29) is 0 Å². The molecular weight excluding hydrogens is 206 g/mol. The van der Waals surface area contributed by atoms with Gasteiger partial charge in [0.15, 0.2) is 0 Å². The van der Waals surface area contributed by atoms with Gasteiger partial charge in [0.05, 0.1) is 5.69 Å². The number of nitrogens with two attached hydrogens (primary N) is 1. The summed E-state index contributed by atoms with van der Waals surface area (Å²) in [6.07, 6.45) is 7.61.